The fourth-order valence-corrected chi connectivity index (χ4v) is 1.40. The zero-order chi connectivity index (χ0) is 11.4. The number of carbonyl (C=O) groups is 1. The maximum absolute atomic E-state index is 11.3. The Morgan fingerprint density at radius 3 is 2.94 bits per heavy atom. The maximum Gasteiger partial charge on any atom is 0.239 e. The van der Waals surface area contributed by atoms with E-state index >= 15 is 0 Å². The summed E-state index contributed by atoms with van der Waals surface area (Å²) in [6, 6.07) is 5.60. The lowest BCUT2D eigenvalue weighted by molar-refractivity contribution is -0.121. The smallest absolute Gasteiger partial charge is 0.239 e. The molecule has 0 bridgehead atoms. The second-order valence-electron chi connectivity index (χ2n) is 3.27. The fourth-order valence-electron chi connectivity index (χ4n) is 1.40. The first-order valence-corrected chi connectivity index (χ1v) is 4.94. The standard InChI is InChI=1S/C11H12N4O/c1-12-10(16)8-15-7-6-14-11(15)9-4-2-3-5-13-9/h2-7H,8H2,1H3,(H,12,16). The summed E-state index contributed by atoms with van der Waals surface area (Å²) in [4.78, 5) is 19.7. The summed E-state index contributed by atoms with van der Waals surface area (Å²) in [5, 5.41) is 2.57. The van der Waals surface area contributed by atoms with Gasteiger partial charge in [0.1, 0.15) is 12.2 Å². The minimum Gasteiger partial charge on any atom is -0.358 e. The van der Waals surface area contributed by atoms with Crippen molar-refractivity contribution in [2.24, 2.45) is 0 Å². The van der Waals surface area contributed by atoms with Crippen LogP contribution in [0.5, 0.6) is 0 Å². The van der Waals surface area contributed by atoms with Gasteiger partial charge < -0.3 is 9.88 Å². The largest absolute Gasteiger partial charge is 0.358 e. The number of nitrogens with zero attached hydrogens (tertiary/aromatic N) is 3. The first kappa shape index (κ1) is 10.4. The third kappa shape index (κ3) is 2.08. The molecule has 82 valence electrons. The van der Waals surface area contributed by atoms with Crippen molar-refractivity contribution in [3.05, 3.63) is 36.8 Å². The van der Waals surface area contributed by atoms with Crippen LogP contribution in [-0.4, -0.2) is 27.5 Å². The van der Waals surface area contributed by atoms with Crippen molar-refractivity contribution in [3.8, 4) is 11.5 Å². The lowest BCUT2D eigenvalue weighted by Crippen LogP contribution is -2.23. The highest BCUT2D eigenvalue weighted by atomic mass is 16.1. The topological polar surface area (TPSA) is 59.8 Å². The van der Waals surface area contributed by atoms with Crippen LogP contribution >= 0.6 is 0 Å². The van der Waals surface area contributed by atoms with E-state index < -0.39 is 0 Å². The molecule has 0 aliphatic carbocycles. The van der Waals surface area contributed by atoms with Crippen LogP contribution in [0.15, 0.2) is 36.8 Å². The summed E-state index contributed by atoms with van der Waals surface area (Å²) in [7, 11) is 1.61. The van der Waals surface area contributed by atoms with Gasteiger partial charge in [-0.1, -0.05) is 6.07 Å². The first-order valence-electron chi connectivity index (χ1n) is 4.94. The van der Waals surface area contributed by atoms with E-state index in [9.17, 15) is 4.79 Å². The van der Waals surface area contributed by atoms with E-state index in [-0.39, 0.29) is 12.5 Å². The molecule has 5 heteroatoms. The van der Waals surface area contributed by atoms with Gasteiger partial charge in [-0.2, -0.15) is 0 Å². The van der Waals surface area contributed by atoms with Gasteiger partial charge in [-0.25, -0.2) is 4.98 Å². The molecule has 0 unspecified atom stereocenters. The van der Waals surface area contributed by atoms with Crippen LogP contribution in [0.25, 0.3) is 11.5 Å². The Morgan fingerprint density at radius 1 is 1.38 bits per heavy atom. The summed E-state index contributed by atoms with van der Waals surface area (Å²) in [5.74, 6) is 0.638. The SMILES string of the molecule is CNC(=O)Cn1ccnc1-c1ccccn1. The van der Waals surface area contributed by atoms with Gasteiger partial charge in [0.2, 0.25) is 5.91 Å². The number of nitrogens with one attached hydrogen (secondary N) is 1. The average molecular weight is 216 g/mol. The zero-order valence-electron chi connectivity index (χ0n) is 8.92. The molecule has 0 spiro atoms. The highest BCUT2D eigenvalue weighted by Crippen LogP contribution is 2.13. The number of hydrogen-bond acceptors (Lipinski definition) is 3. The molecule has 2 heterocycles. The van der Waals surface area contributed by atoms with E-state index in [4.69, 9.17) is 0 Å². The number of pyridine rings is 1. The number of carbonyl (C=O) groups excluding carboxylic acids is 1. The van der Waals surface area contributed by atoms with Crippen LogP contribution in [0.3, 0.4) is 0 Å². The van der Waals surface area contributed by atoms with Crippen LogP contribution in [0.4, 0.5) is 0 Å². The number of amides is 1. The van der Waals surface area contributed by atoms with Crippen molar-refractivity contribution < 1.29 is 4.79 Å². The summed E-state index contributed by atoms with van der Waals surface area (Å²) < 4.78 is 1.77. The summed E-state index contributed by atoms with van der Waals surface area (Å²) in [6.07, 6.45) is 5.13. The number of rotatable bonds is 3. The molecule has 1 amide bonds. The molecule has 0 radical (unpaired) electrons. The van der Waals surface area contributed by atoms with Gasteiger partial charge in [-0.05, 0) is 12.1 Å². The average Bonchev–Trinajstić information content (AvgIpc) is 2.78. The second kappa shape index (κ2) is 4.57. The maximum atomic E-state index is 11.3. The molecule has 0 aromatic carbocycles. The number of hydrogen-bond donors (Lipinski definition) is 1. The van der Waals surface area contributed by atoms with Crippen molar-refractivity contribution in [2.75, 3.05) is 7.05 Å². The molecule has 0 aliphatic heterocycles. The van der Waals surface area contributed by atoms with Crippen LogP contribution in [-0.2, 0) is 11.3 Å². The molecular weight excluding hydrogens is 204 g/mol. The fraction of sp³-hybridized carbons (Fsp3) is 0.182. The predicted molar refractivity (Wildman–Crippen MR) is 59.5 cm³/mol. The lowest BCUT2D eigenvalue weighted by Gasteiger charge is -2.05. The van der Waals surface area contributed by atoms with Gasteiger partial charge in [-0.15, -0.1) is 0 Å². The van der Waals surface area contributed by atoms with E-state index in [0.717, 1.165) is 5.69 Å². The third-order valence-electron chi connectivity index (χ3n) is 2.20. The molecule has 2 aromatic heterocycles. The normalized spacial score (nSPS) is 10.1. The highest BCUT2D eigenvalue weighted by molar-refractivity contribution is 5.76. The quantitative estimate of drug-likeness (QED) is 0.821. The molecule has 2 aromatic rings. The molecule has 0 saturated carbocycles. The van der Waals surface area contributed by atoms with Crippen molar-refractivity contribution in [1.29, 1.82) is 0 Å². The van der Waals surface area contributed by atoms with Gasteiger partial charge in [0, 0.05) is 25.6 Å². The molecule has 16 heavy (non-hydrogen) atoms. The molecule has 0 aliphatic rings. The van der Waals surface area contributed by atoms with Gasteiger partial charge in [0.15, 0.2) is 5.82 Å². The van der Waals surface area contributed by atoms with E-state index in [1.165, 1.54) is 0 Å². The Bertz CT molecular complexity index is 478. The minimum absolute atomic E-state index is 0.0600. The monoisotopic (exact) mass is 216 g/mol. The molecule has 2 rings (SSSR count). The van der Waals surface area contributed by atoms with Gasteiger partial charge >= 0.3 is 0 Å². The number of likely N-dealkylation sites (N-methyl/N-ethyl adjacent to an activating group) is 1. The molecular formula is C11H12N4O. The van der Waals surface area contributed by atoms with Crippen molar-refractivity contribution >= 4 is 5.91 Å². The number of aromatic nitrogens is 3. The Morgan fingerprint density at radius 2 is 2.25 bits per heavy atom. The molecule has 1 N–H and O–H groups in total. The van der Waals surface area contributed by atoms with Crippen LogP contribution in [0, 0.1) is 0 Å². The molecule has 0 atom stereocenters. The first-order chi connectivity index (χ1) is 7.81. The van der Waals surface area contributed by atoms with Crippen molar-refractivity contribution in [1.82, 2.24) is 19.9 Å². The highest BCUT2D eigenvalue weighted by Gasteiger charge is 2.08. The molecule has 0 saturated heterocycles. The van der Waals surface area contributed by atoms with E-state index in [1.54, 1.807) is 30.2 Å². The van der Waals surface area contributed by atoms with Crippen LogP contribution < -0.4 is 5.32 Å². The summed E-state index contributed by atoms with van der Waals surface area (Å²) in [5.41, 5.74) is 0.761. The Labute approximate surface area is 93.2 Å². The zero-order valence-corrected chi connectivity index (χ0v) is 8.92. The summed E-state index contributed by atoms with van der Waals surface area (Å²) in [6.45, 7) is 0.252. The molecule has 0 fully saturated rings. The Kier molecular flexibility index (Phi) is 2.95. The van der Waals surface area contributed by atoms with Gasteiger partial charge in [0.05, 0.1) is 0 Å². The lowest BCUT2D eigenvalue weighted by atomic mass is 10.3. The van der Waals surface area contributed by atoms with Crippen molar-refractivity contribution in [2.45, 2.75) is 6.54 Å². The van der Waals surface area contributed by atoms with Crippen molar-refractivity contribution in [3.63, 3.8) is 0 Å². The van der Waals surface area contributed by atoms with E-state index in [2.05, 4.69) is 15.3 Å². The van der Waals surface area contributed by atoms with E-state index in [0.29, 0.717) is 5.82 Å². The predicted octanol–water partition coefficient (Wildman–Crippen LogP) is 0.691. The Hall–Kier alpha value is -2.17. The Balaban J connectivity index is 2.29. The molecule has 5 nitrogen and oxygen atoms in total. The third-order valence-corrected chi connectivity index (χ3v) is 2.20. The van der Waals surface area contributed by atoms with Gasteiger partial charge in [0.25, 0.3) is 0 Å². The number of imidazole rings is 1. The summed E-state index contributed by atoms with van der Waals surface area (Å²) >= 11 is 0. The van der Waals surface area contributed by atoms with Gasteiger partial charge in [-0.3, -0.25) is 9.78 Å². The van der Waals surface area contributed by atoms with Crippen LogP contribution in [0.2, 0.25) is 0 Å². The second-order valence-corrected chi connectivity index (χ2v) is 3.27. The van der Waals surface area contributed by atoms with Crippen LogP contribution in [0.1, 0.15) is 0 Å². The van der Waals surface area contributed by atoms with E-state index in [1.807, 2.05) is 18.2 Å². The minimum atomic E-state index is -0.0600.